The molecule has 0 bridgehead atoms. The molecule has 1 spiro atoms. The standard InChI is InChI=1S/C13H14O3/c14-12-10-6-2-3-7-11(10)15-13(16-12)8-4-1-5-9-13/h2-3,6-7H,1,4-5,8-9H2. The van der Waals surface area contributed by atoms with Gasteiger partial charge in [-0.15, -0.1) is 0 Å². The fourth-order valence-corrected chi connectivity index (χ4v) is 2.46. The zero-order chi connectivity index (χ0) is 11.0. The summed E-state index contributed by atoms with van der Waals surface area (Å²) in [5.41, 5.74) is 0.540. The Morgan fingerprint density at radius 2 is 1.75 bits per heavy atom. The molecule has 16 heavy (non-hydrogen) atoms. The van der Waals surface area contributed by atoms with E-state index >= 15 is 0 Å². The van der Waals surface area contributed by atoms with Crippen LogP contribution in [0, 0.1) is 0 Å². The van der Waals surface area contributed by atoms with Crippen LogP contribution in [-0.4, -0.2) is 11.8 Å². The molecular formula is C13H14O3. The highest BCUT2D eigenvalue weighted by molar-refractivity contribution is 5.93. The second kappa shape index (κ2) is 3.51. The summed E-state index contributed by atoms with van der Waals surface area (Å²) in [7, 11) is 0. The molecule has 3 rings (SSSR count). The maximum atomic E-state index is 11.9. The van der Waals surface area contributed by atoms with Crippen molar-refractivity contribution in [3.63, 3.8) is 0 Å². The van der Waals surface area contributed by atoms with E-state index in [1.54, 1.807) is 6.07 Å². The van der Waals surface area contributed by atoms with Crippen LogP contribution in [0.25, 0.3) is 0 Å². The molecule has 1 fully saturated rings. The molecule has 0 amide bonds. The average Bonchev–Trinajstić information content (AvgIpc) is 2.30. The summed E-state index contributed by atoms with van der Waals surface area (Å²) in [6.45, 7) is 0. The number of ether oxygens (including phenoxy) is 2. The molecule has 0 atom stereocenters. The number of fused-ring (bicyclic) bond motifs is 1. The number of carbonyl (C=O) groups is 1. The molecule has 1 aliphatic carbocycles. The Morgan fingerprint density at radius 1 is 1.00 bits per heavy atom. The lowest BCUT2D eigenvalue weighted by molar-refractivity contribution is -0.172. The number of carbonyl (C=O) groups excluding carboxylic acids is 1. The maximum absolute atomic E-state index is 11.9. The van der Waals surface area contributed by atoms with Crippen LogP contribution < -0.4 is 4.74 Å². The van der Waals surface area contributed by atoms with Gasteiger partial charge in [0.1, 0.15) is 11.3 Å². The Kier molecular flexibility index (Phi) is 2.13. The van der Waals surface area contributed by atoms with Crippen molar-refractivity contribution >= 4 is 5.97 Å². The third kappa shape index (κ3) is 1.47. The Hall–Kier alpha value is -1.51. The summed E-state index contributed by atoms with van der Waals surface area (Å²) in [5, 5.41) is 0. The van der Waals surface area contributed by atoms with Gasteiger partial charge in [-0.2, -0.15) is 0 Å². The lowest BCUT2D eigenvalue weighted by Crippen LogP contribution is -2.46. The molecule has 1 aromatic carbocycles. The van der Waals surface area contributed by atoms with E-state index in [1.165, 1.54) is 6.42 Å². The van der Waals surface area contributed by atoms with Crippen LogP contribution in [0.2, 0.25) is 0 Å². The Balaban J connectivity index is 1.96. The van der Waals surface area contributed by atoms with Gasteiger partial charge in [-0.1, -0.05) is 18.6 Å². The number of benzene rings is 1. The van der Waals surface area contributed by atoms with Gasteiger partial charge >= 0.3 is 5.97 Å². The van der Waals surface area contributed by atoms with Gasteiger partial charge in [0, 0.05) is 12.8 Å². The number of hydrogen-bond donors (Lipinski definition) is 0. The van der Waals surface area contributed by atoms with E-state index in [0.29, 0.717) is 11.3 Å². The van der Waals surface area contributed by atoms with Crippen LogP contribution in [0.5, 0.6) is 5.75 Å². The highest BCUT2D eigenvalue weighted by Crippen LogP contribution is 2.39. The van der Waals surface area contributed by atoms with E-state index in [0.717, 1.165) is 25.7 Å². The van der Waals surface area contributed by atoms with Crippen LogP contribution in [0.15, 0.2) is 24.3 Å². The summed E-state index contributed by atoms with van der Waals surface area (Å²) in [4.78, 5) is 11.9. The number of para-hydroxylation sites is 1. The zero-order valence-corrected chi connectivity index (χ0v) is 9.07. The van der Waals surface area contributed by atoms with Gasteiger partial charge in [0.2, 0.25) is 0 Å². The van der Waals surface area contributed by atoms with Crippen molar-refractivity contribution in [1.29, 1.82) is 0 Å². The first-order valence-electron chi connectivity index (χ1n) is 5.81. The first-order chi connectivity index (χ1) is 7.79. The fourth-order valence-electron chi connectivity index (χ4n) is 2.46. The Labute approximate surface area is 94.4 Å². The first-order valence-corrected chi connectivity index (χ1v) is 5.81. The van der Waals surface area contributed by atoms with Crippen molar-refractivity contribution in [3.05, 3.63) is 29.8 Å². The van der Waals surface area contributed by atoms with Gasteiger partial charge in [-0.25, -0.2) is 4.79 Å². The highest BCUT2D eigenvalue weighted by Gasteiger charge is 2.42. The predicted octanol–water partition coefficient (Wildman–Crippen LogP) is 2.90. The van der Waals surface area contributed by atoms with E-state index in [4.69, 9.17) is 9.47 Å². The molecule has 1 aliphatic heterocycles. The minimum absolute atomic E-state index is 0.247. The third-order valence-electron chi connectivity index (χ3n) is 3.30. The summed E-state index contributed by atoms with van der Waals surface area (Å²) >= 11 is 0. The molecular weight excluding hydrogens is 204 g/mol. The highest BCUT2D eigenvalue weighted by atomic mass is 16.7. The Morgan fingerprint density at radius 3 is 2.56 bits per heavy atom. The van der Waals surface area contributed by atoms with Crippen molar-refractivity contribution < 1.29 is 14.3 Å². The zero-order valence-electron chi connectivity index (χ0n) is 9.07. The molecule has 0 unspecified atom stereocenters. The monoisotopic (exact) mass is 218 g/mol. The number of esters is 1. The van der Waals surface area contributed by atoms with Gasteiger partial charge in [0.05, 0.1) is 0 Å². The summed E-state index contributed by atoms with van der Waals surface area (Å²) < 4.78 is 11.4. The summed E-state index contributed by atoms with van der Waals surface area (Å²) in [6.07, 6.45) is 4.95. The van der Waals surface area contributed by atoms with Crippen molar-refractivity contribution in [2.75, 3.05) is 0 Å². The van der Waals surface area contributed by atoms with Gasteiger partial charge in [-0.05, 0) is 25.0 Å². The van der Waals surface area contributed by atoms with E-state index in [-0.39, 0.29) is 5.97 Å². The molecule has 0 aromatic heterocycles. The van der Waals surface area contributed by atoms with Crippen LogP contribution in [0.3, 0.4) is 0 Å². The number of rotatable bonds is 0. The topological polar surface area (TPSA) is 35.5 Å². The van der Waals surface area contributed by atoms with Crippen LogP contribution in [0.1, 0.15) is 42.5 Å². The van der Waals surface area contributed by atoms with Crippen LogP contribution >= 0.6 is 0 Å². The molecule has 1 aromatic rings. The second-order valence-electron chi connectivity index (χ2n) is 4.46. The summed E-state index contributed by atoms with van der Waals surface area (Å²) in [6, 6.07) is 7.29. The largest absolute Gasteiger partial charge is 0.451 e. The molecule has 1 heterocycles. The molecule has 0 N–H and O–H groups in total. The molecule has 0 saturated heterocycles. The molecule has 3 heteroatoms. The van der Waals surface area contributed by atoms with E-state index in [1.807, 2.05) is 18.2 Å². The van der Waals surface area contributed by atoms with E-state index in [2.05, 4.69) is 0 Å². The van der Waals surface area contributed by atoms with Gasteiger partial charge in [-0.3, -0.25) is 0 Å². The van der Waals surface area contributed by atoms with Crippen LogP contribution in [-0.2, 0) is 4.74 Å². The minimum atomic E-state index is -0.677. The molecule has 84 valence electrons. The number of hydrogen-bond acceptors (Lipinski definition) is 3. The second-order valence-corrected chi connectivity index (χ2v) is 4.46. The lowest BCUT2D eigenvalue weighted by atomic mass is 9.93. The van der Waals surface area contributed by atoms with E-state index in [9.17, 15) is 4.79 Å². The van der Waals surface area contributed by atoms with Crippen molar-refractivity contribution in [3.8, 4) is 5.75 Å². The Bertz CT molecular complexity index is 419. The van der Waals surface area contributed by atoms with Crippen molar-refractivity contribution in [1.82, 2.24) is 0 Å². The molecule has 0 radical (unpaired) electrons. The molecule has 2 aliphatic rings. The quantitative estimate of drug-likeness (QED) is 0.628. The summed E-state index contributed by atoms with van der Waals surface area (Å²) in [5.74, 6) is -0.256. The van der Waals surface area contributed by atoms with E-state index < -0.39 is 5.79 Å². The van der Waals surface area contributed by atoms with Crippen molar-refractivity contribution in [2.45, 2.75) is 37.9 Å². The average molecular weight is 218 g/mol. The smallest absolute Gasteiger partial charge is 0.345 e. The SMILES string of the molecule is O=C1OC2(CCCCC2)Oc2ccccc21. The molecule has 3 nitrogen and oxygen atoms in total. The van der Waals surface area contributed by atoms with Crippen molar-refractivity contribution in [2.24, 2.45) is 0 Å². The van der Waals surface area contributed by atoms with Crippen LogP contribution in [0.4, 0.5) is 0 Å². The fraction of sp³-hybridized carbons (Fsp3) is 0.462. The van der Waals surface area contributed by atoms with Gasteiger partial charge in [0.15, 0.2) is 0 Å². The molecule has 1 saturated carbocycles. The lowest BCUT2D eigenvalue weighted by Gasteiger charge is -2.39. The van der Waals surface area contributed by atoms with Gasteiger partial charge < -0.3 is 9.47 Å². The van der Waals surface area contributed by atoms with Gasteiger partial charge in [0.25, 0.3) is 5.79 Å². The normalized spacial score (nSPS) is 22.1. The third-order valence-corrected chi connectivity index (χ3v) is 3.30. The predicted molar refractivity (Wildman–Crippen MR) is 58.3 cm³/mol. The minimum Gasteiger partial charge on any atom is -0.451 e. The first kappa shape index (κ1) is 9.70. The maximum Gasteiger partial charge on any atom is 0.345 e.